The second kappa shape index (κ2) is 9.03. The van der Waals surface area contributed by atoms with E-state index in [0.717, 1.165) is 22.3 Å². The third-order valence-electron chi connectivity index (χ3n) is 7.61. The molecule has 3 amide bonds. The predicted octanol–water partition coefficient (Wildman–Crippen LogP) is 5.12. The largest absolute Gasteiger partial charge is 0.495 e. The number of carbonyl (C=O) groups is 3. The zero-order chi connectivity index (χ0) is 26.7. The molecule has 0 saturated carbocycles. The van der Waals surface area contributed by atoms with Crippen LogP contribution >= 0.6 is 11.6 Å². The lowest BCUT2D eigenvalue weighted by Crippen LogP contribution is -2.46. The number of nitrogens with zero attached hydrogens (tertiary/aromatic N) is 2. The van der Waals surface area contributed by atoms with Crippen LogP contribution in [0, 0.1) is 25.7 Å². The number of benzene rings is 3. The molecule has 3 aromatic rings. The zero-order valence-electron chi connectivity index (χ0n) is 21.1. The SMILES string of the molecule is COc1ccc(Cl)cc1NC(=O)[C@@H]1[C@@H]2C(=O)N(c3cc(C)cc(C)c3)C(=O)[C@@H]2C2c3ccccc3C=CN21. The van der Waals surface area contributed by atoms with Crippen LogP contribution in [-0.2, 0) is 14.4 Å². The maximum absolute atomic E-state index is 14.0. The highest BCUT2D eigenvalue weighted by Gasteiger charge is 2.64. The minimum absolute atomic E-state index is 0.291. The number of methoxy groups -OCH3 is 1. The van der Waals surface area contributed by atoms with Crippen molar-refractivity contribution in [2.45, 2.75) is 25.9 Å². The van der Waals surface area contributed by atoms with E-state index in [1.54, 1.807) is 18.2 Å². The standard InChI is InChI=1S/C30H26ClN3O4/c1-16-12-17(2)14-20(13-16)34-29(36)24-25(30(34)37)27(28(35)32-22-15-19(31)8-9-23(22)38-3)33-11-10-18-6-4-5-7-21(18)26(24)33/h4-15,24-27H,1-3H3,(H,32,35)/t24-,25+,26?,27-/m0/s1. The molecule has 4 atom stereocenters. The number of amides is 3. The number of imide groups is 1. The summed E-state index contributed by atoms with van der Waals surface area (Å²) in [5, 5.41) is 3.35. The van der Waals surface area contributed by atoms with E-state index < -0.39 is 29.8 Å². The molecule has 3 heterocycles. The van der Waals surface area contributed by atoms with Crippen molar-refractivity contribution < 1.29 is 19.1 Å². The van der Waals surface area contributed by atoms with Gasteiger partial charge in [0.05, 0.1) is 36.4 Å². The van der Waals surface area contributed by atoms with Gasteiger partial charge in [-0.05, 0) is 72.5 Å². The molecule has 0 aliphatic carbocycles. The summed E-state index contributed by atoms with van der Waals surface area (Å²) in [5.41, 5.74) is 4.72. The van der Waals surface area contributed by atoms with Crippen molar-refractivity contribution in [2.75, 3.05) is 17.3 Å². The summed E-state index contributed by atoms with van der Waals surface area (Å²) in [6.07, 6.45) is 3.75. The van der Waals surface area contributed by atoms with E-state index in [1.165, 1.54) is 12.0 Å². The summed E-state index contributed by atoms with van der Waals surface area (Å²) in [7, 11) is 1.51. The average Bonchev–Trinajstić information content (AvgIpc) is 3.36. The molecule has 0 aromatic heterocycles. The van der Waals surface area contributed by atoms with Gasteiger partial charge in [0.2, 0.25) is 17.7 Å². The molecular weight excluding hydrogens is 502 g/mol. The molecule has 6 rings (SSSR count). The van der Waals surface area contributed by atoms with Crippen LogP contribution in [0.4, 0.5) is 11.4 Å². The third-order valence-corrected chi connectivity index (χ3v) is 7.85. The lowest BCUT2D eigenvalue weighted by Gasteiger charge is -2.35. The average molecular weight is 528 g/mol. The Kier molecular flexibility index (Phi) is 5.76. The number of aryl methyl sites for hydroxylation is 2. The summed E-state index contributed by atoms with van der Waals surface area (Å²) in [6, 6.07) is 17.0. The highest BCUT2D eigenvalue weighted by Crippen LogP contribution is 2.53. The maximum atomic E-state index is 14.0. The van der Waals surface area contributed by atoms with Crippen molar-refractivity contribution in [1.29, 1.82) is 0 Å². The van der Waals surface area contributed by atoms with Gasteiger partial charge in [-0.1, -0.05) is 41.9 Å². The Hall–Kier alpha value is -4.10. The van der Waals surface area contributed by atoms with Crippen LogP contribution in [0.3, 0.4) is 0 Å². The topological polar surface area (TPSA) is 79.0 Å². The first-order valence-electron chi connectivity index (χ1n) is 12.4. The van der Waals surface area contributed by atoms with Crippen LogP contribution in [0.25, 0.3) is 6.08 Å². The molecule has 1 N–H and O–H groups in total. The first kappa shape index (κ1) is 24.2. The highest BCUT2D eigenvalue weighted by atomic mass is 35.5. The summed E-state index contributed by atoms with van der Waals surface area (Å²) < 4.78 is 5.41. The van der Waals surface area contributed by atoms with Crippen molar-refractivity contribution in [2.24, 2.45) is 11.8 Å². The molecule has 3 aliphatic heterocycles. The maximum Gasteiger partial charge on any atom is 0.248 e. The number of hydrogen-bond donors (Lipinski definition) is 1. The Bertz CT molecular complexity index is 1510. The molecule has 8 heteroatoms. The minimum atomic E-state index is -0.911. The van der Waals surface area contributed by atoms with Gasteiger partial charge in [0.1, 0.15) is 11.8 Å². The van der Waals surface area contributed by atoms with E-state index in [-0.39, 0.29) is 11.8 Å². The van der Waals surface area contributed by atoms with Gasteiger partial charge in [0, 0.05) is 11.2 Å². The molecule has 3 aromatic carbocycles. The quantitative estimate of drug-likeness (QED) is 0.476. The van der Waals surface area contributed by atoms with Gasteiger partial charge in [-0.3, -0.25) is 14.4 Å². The Morgan fingerprint density at radius 2 is 1.66 bits per heavy atom. The van der Waals surface area contributed by atoms with Gasteiger partial charge in [-0.25, -0.2) is 4.90 Å². The molecule has 0 spiro atoms. The highest BCUT2D eigenvalue weighted by molar-refractivity contribution is 6.31. The van der Waals surface area contributed by atoms with Crippen LogP contribution in [-0.4, -0.2) is 35.8 Å². The molecule has 0 radical (unpaired) electrons. The van der Waals surface area contributed by atoms with Crippen LogP contribution in [0.1, 0.15) is 28.3 Å². The Morgan fingerprint density at radius 3 is 2.39 bits per heavy atom. The Balaban J connectivity index is 1.45. The lowest BCUT2D eigenvalue weighted by atomic mass is 9.84. The van der Waals surface area contributed by atoms with Gasteiger partial charge < -0.3 is 15.0 Å². The molecule has 3 aliphatic rings. The summed E-state index contributed by atoms with van der Waals surface area (Å²) in [4.78, 5) is 45.2. The summed E-state index contributed by atoms with van der Waals surface area (Å²) in [5.74, 6) is -2.21. The minimum Gasteiger partial charge on any atom is -0.495 e. The first-order chi connectivity index (χ1) is 18.3. The summed E-state index contributed by atoms with van der Waals surface area (Å²) >= 11 is 6.19. The van der Waals surface area contributed by atoms with E-state index >= 15 is 0 Å². The normalized spacial score (nSPS) is 23.3. The fraction of sp³-hybridized carbons (Fsp3) is 0.233. The van der Waals surface area contributed by atoms with Crippen molar-refractivity contribution >= 4 is 46.8 Å². The van der Waals surface area contributed by atoms with E-state index in [0.29, 0.717) is 22.1 Å². The molecule has 192 valence electrons. The molecule has 2 fully saturated rings. The van der Waals surface area contributed by atoms with Crippen LogP contribution < -0.4 is 15.0 Å². The fourth-order valence-corrected chi connectivity index (χ4v) is 6.35. The number of ether oxygens (including phenoxy) is 1. The van der Waals surface area contributed by atoms with Gasteiger partial charge >= 0.3 is 0 Å². The second-order valence-electron chi connectivity index (χ2n) is 10.0. The first-order valence-corrected chi connectivity index (χ1v) is 12.8. The van der Waals surface area contributed by atoms with Gasteiger partial charge in [-0.15, -0.1) is 0 Å². The van der Waals surface area contributed by atoms with Crippen LogP contribution in [0.5, 0.6) is 5.75 Å². The van der Waals surface area contributed by atoms with Crippen molar-refractivity contribution in [1.82, 2.24) is 4.90 Å². The molecule has 2 saturated heterocycles. The van der Waals surface area contributed by atoms with Crippen molar-refractivity contribution in [3.05, 3.63) is 94.1 Å². The van der Waals surface area contributed by atoms with E-state index in [1.807, 2.05) is 73.5 Å². The molecular formula is C30H26ClN3O4. The van der Waals surface area contributed by atoms with Crippen LogP contribution in [0.15, 0.2) is 66.9 Å². The van der Waals surface area contributed by atoms with Gasteiger partial charge in [-0.2, -0.15) is 0 Å². The number of fused-ring (bicyclic) bond motifs is 5. The molecule has 1 unspecified atom stereocenters. The lowest BCUT2D eigenvalue weighted by molar-refractivity contribution is -0.128. The molecule has 38 heavy (non-hydrogen) atoms. The predicted molar refractivity (Wildman–Crippen MR) is 146 cm³/mol. The van der Waals surface area contributed by atoms with Crippen molar-refractivity contribution in [3.63, 3.8) is 0 Å². The number of carbonyl (C=O) groups excluding carboxylic acids is 3. The monoisotopic (exact) mass is 527 g/mol. The smallest absolute Gasteiger partial charge is 0.248 e. The van der Waals surface area contributed by atoms with E-state index in [2.05, 4.69) is 5.32 Å². The Labute approximate surface area is 225 Å². The van der Waals surface area contributed by atoms with Crippen molar-refractivity contribution in [3.8, 4) is 5.75 Å². The summed E-state index contributed by atoms with van der Waals surface area (Å²) in [6.45, 7) is 3.86. The van der Waals surface area contributed by atoms with Crippen LogP contribution in [0.2, 0.25) is 5.02 Å². The Morgan fingerprint density at radius 1 is 0.947 bits per heavy atom. The molecule has 0 bridgehead atoms. The fourth-order valence-electron chi connectivity index (χ4n) is 6.18. The third kappa shape index (κ3) is 3.69. The van der Waals surface area contributed by atoms with Gasteiger partial charge in [0.25, 0.3) is 0 Å². The second-order valence-corrected chi connectivity index (χ2v) is 10.5. The zero-order valence-corrected chi connectivity index (χ0v) is 21.9. The van der Waals surface area contributed by atoms with Gasteiger partial charge in [0.15, 0.2) is 0 Å². The number of hydrogen-bond acceptors (Lipinski definition) is 5. The number of rotatable bonds is 4. The number of nitrogens with one attached hydrogen (secondary N) is 1. The number of anilines is 2. The number of halogens is 1. The molecule has 7 nitrogen and oxygen atoms in total. The van der Waals surface area contributed by atoms with E-state index in [4.69, 9.17) is 16.3 Å². The van der Waals surface area contributed by atoms with E-state index in [9.17, 15) is 14.4 Å².